The fourth-order valence-electron chi connectivity index (χ4n) is 1.56. The highest BCUT2D eigenvalue weighted by Crippen LogP contribution is 2.21. The number of nitrogen functional groups attached to an aromatic ring is 1. The van der Waals surface area contributed by atoms with Gasteiger partial charge in [-0.3, -0.25) is 9.78 Å². The molecule has 0 radical (unpaired) electrons. The average Bonchev–Trinajstić information content (AvgIpc) is 2.27. The Morgan fingerprint density at radius 1 is 1.33 bits per heavy atom. The van der Waals surface area contributed by atoms with Crippen LogP contribution in [0, 0.1) is 6.92 Å². The fourth-order valence-corrected chi connectivity index (χ4v) is 1.93. The number of anilines is 1. The summed E-state index contributed by atoms with van der Waals surface area (Å²) in [6.07, 6.45) is 3.26. The molecule has 0 aliphatic carbocycles. The van der Waals surface area contributed by atoms with Gasteiger partial charge >= 0.3 is 0 Å². The maximum atomic E-state index is 11.2. The van der Waals surface area contributed by atoms with Crippen molar-refractivity contribution < 1.29 is 4.79 Å². The number of primary amides is 1. The molecule has 0 aliphatic rings. The maximum absolute atomic E-state index is 11.2. The molecule has 2 heterocycles. The second-order valence-corrected chi connectivity index (χ2v) is 4.56. The van der Waals surface area contributed by atoms with Gasteiger partial charge in [0.1, 0.15) is 11.4 Å². The van der Waals surface area contributed by atoms with Crippen LogP contribution in [-0.4, -0.2) is 20.9 Å². The molecule has 2 aromatic heterocycles. The third kappa shape index (κ3) is 2.30. The van der Waals surface area contributed by atoms with Crippen molar-refractivity contribution in [2.75, 3.05) is 5.73 Å². The van der Waals surface area contributed by atoms with Gasteiger partial charge in [0, 0.05) is 22.4 Å². The first kappa shape index (κ1) is 12.4. The lowest BCUT2D eigenvalue weighted by Gasteiger charge is -2.07. The van der Waals surface area contributed by atoms with Gasteiger partial charge in [-0.25, -0.2) is 9.97 Å². The van der Waals surface area contributed by atoms with E-state index in [1.165, 1.54) is 0 Å². The molecule has 0 bridgehead atoms. The van der Waals surface area contributed by atoms with E-state index in [0.29, 0.717) is 17.1 Å². The van der Waals surface area contributed by atoms with Gasteiger partial charge in [-0.15, -0.1) is 0 Å². The molecule has 0 atom stereocenters. The molecule has 18 heavy (non-hydrogen) atoms. The molecule has 0 aromatic carbocycles. The number of halogens is 1. The van der Waals surface area contributed by atoms with E-state index in [2.05, 4.69) is 30.9 Å². The summed E-state index contributed by atoms with van der Waals surface area (Å²) in [6.45, 7) is 1.66. The van der Waals surface area contributed by atoms with Gasteiger partial charge in [0.15, 0.2) is 5.82 Å². The zero-order chi connectivity index (χ0) is 13.3. The maximum Gasteiger partial charge on any atom is 0.254 e. The summed E-state index contributed by atoms with van der Waals surface area (Å²) in [6, 6.07) is 1.81. The molecule has 0 spiro atoms. The van der Waals surface area contributed by atoms with E-state index in [0.717, 1.165) is 4.47 Å². The van der Waals surface area contributed by atoms with Gasteiger partial charge in [-0.2, -0.15) is 0 Å². The summed E-state index contributed by atoms with van der Waals surface area (Å²) in [5.41, 5.74) is 12.2. The van der Waals surface area contributed by atoms with Crippen molar-refractivity contribution in [3.05, 3.63) is 34.2 Å². The molecule has 0 saturated carbocycles. The van der Waals surface area contributed by atoms with Crippen molar-refractivity contribution in [1.29, 1.82) is 0 Å². The molecule has 4 N–H and O–H groups in total. The van der Waals surface area contributed by atoms with E-state index < -0.39 is 5.91 Å². The number of carbonyl (C=O) groups is 1. The Bertz CT molecular complexity index is 606. The highest BCUT2D eigenvalue weighted by atomic mass is 79.9. The molecule has 92 valence electrons. The van der Waals surface area contributed by atoms with E-state index in [-0.39, 0.29) is 11.4 Å². The van der Waals surface area contributed by atoms with Crippen molar-refractivity contribution in [3.8, 4) is 11.4 Å². The molecule has 2 rings (SSSR count). The Hall–Kier alpha value is -2.02. The summed E-state index contributed by atoms with van der Waals surface area (Å²) in [4.78, 5) is 23.5. The van der Waals surface area contributed by atoms with Crippen LogP contribution >= 0.6 is 15.9 Å². The lowest BCUT2D eigenvalue weighted by Crippen LogP contribution is -2.17. The minimum atomic E-state index is -0.635. The van der Waals surface area contributed by atoms with Gasteiger partial charge in [-0.1, -0.05) is 0 Å². The van der Waals surface area contributed by atoms with Crippen LogP contribution in [0.25, 0.3) is 11.4 Å². The smallest absolute Gasteiger partial charge is 0.254 e. The van der Waals surface area contributed by atoms with Gasteiger partial charge in [0.2, 0.25) is 0 Å². The second kappa shape index (κ2) is 4.69. The summed E-state index contributed by atoms with van der Waals surface area (Å²) < 4.78 is 0.804. The highest BCUT2D eigenvalue weighted by Gasteiger charge is 2.15. The second-order valence-electron chi connectivity index (χ2n) is 3.65. The van der Waals surface area contributed by atoms with Crippen LogP contribution < -0.4 is 11.5 Å². The van der Waals surface area contributed by atoms with Gasteiger partial charge in [-0.05, 0) is 28.9 Å². The summed E-state index contributed by atoms with van der Waals surface area (Å²) in [5, 5.41) is 0. The quantitative estimate of drug-likeness (QED) is 0.869. The SMILES string of the molecule is Cc1nc(-c2cncc(Br)c2)nc(N)c1C(N)=O. The normalized spacial score (nSPS) is 10.3. The molecule has 0 saturated heterocycles. The fraction of sp³-hybridized carbons (Fsp3) is 0.0909. The molecule has 0 unspecified atom stereocenters. The van der Waals surface area contributed by atoms with E-state index in [1.54, 1.807) is 19.3 Å². The van der Waals surface area contributed by atoms with Crippen LogP contribution in [0.5, 0.6) is 0 Å². The Labute approximate surface area is 112 Å². The molecule has 0 aliphatic heterocycles. The van der Waals surface area contributed by atoms with E-state index in [1.807, 2.05) is 6.07 Å². The average molecular weight is 308 g/mol. The third-order valence-electron chi connectivity index (χ3n) is 2.33. The standard InChI is InChI=1S/C11H10BrN5O/c1-5-8(10(14)18)9(13)17-11(16-5)6-2-7(12)4-15-3-6/h2-4H,1H3,(H2,14,18)(H2,13,16,17). The Morgan fingerprint density at radius 2 is 2.06 bits per heavy atom. The number of aryl methyl sites for hydroxylation is 1. The molecule has 0 fully saturated rings. The summed E-state index contributed by atoms with van der Waals surface area (Å²) in [7, 11) is 0. The first-order valence-electron chi connectivity index (χ1n) is 5.04. The number of rotatable bonds is 2. The summed E-state index contributed by atoms with van der Waals surface area (Å²) >= 11 is 3.31. The highest BCUT2D eigenvalue weighted by molar-refractivity contribution is 9.10. The Kier molecular flexibility index (Phi) is 3.24. The van der Waals surface area contributed by atoms with Crippen molar-refractivity contribution in [3.63, 3.8) is 0 Å². The number of hydrogen-bond acceptors (Lipinski definition) is 5. The van der Waals surface area contributed by atoms with Crippen LogP contribution in [0.1, 0.15) is 16.1 Å². The number of carbonyl (C=O) groups excluding carboxylic acids is 1. The lowest BCUT2D eigenvalue weighted by molar-refractivity contribution is 0.1000. The monoisotopic (exact) mass is 307 g/mol. The molecule has 1 amide bonds. The van der Waals surface area contributed by atoms with E-state index >= 15 is 0 Å². The number of nitrogens with two attached hydrogens (primary N) is 2. The number of hydrogen-bond donors (Lipinski definition) is 2. The van der Waals surface area contributed by atoms with Crippen LogP contribution in [-0.2, 0) is 0 Å². The number of pyridine rings is 1. The van der Waals surface area contributed by atoms with Crippen molar-refractivity contribution in [2.24, 2.45) is 5.73 Å². The summed E-state index contributed by atoms with van der Waals surface area (Å²) in [5.74, 6) is -0.155. The van der Waals surface area contributed by atoms with E-state index in [4.69, 9.17) is 11.5 Å². The topological polar surface area (TPSA) is 108 Å². The number of amides is 1. The molecular weight excluding hydrogens is 298 g/mol. The van der Waals surface area contributed by atoms with Crippen LogP contribution in [0.15, 0.2) is 22.9 Å². The van der Waals surface area contributed by atoms with Gasteiger partial charge in [0.25, 0.3) is 5.91 Å². The zero-order valence-corrected chi connectivity index (χ0v) is 11.1. The Balaban J connectivity index is 2.58. The molecule has 7 heteroatoms. The van der Waals surface area contributed by atoms with Gasteiger partial charge < -0.3 is 11.5 Å². The van der Waals surface area contributed by atoms with Crippen molar-refractivity contribution in [1.82, 2.24) is 15.0 Å². The van der Waals surface area contributed by atoms with Gasteiger partial charge in [0.05, 0.1) is 5.69 Å². The predicted octanol–water partition coefficient (Wildman–Crippen LogP) is 1.29. The van der Waals surface area contributed by atoms with Crippen LogP contribution in [0.2, 0.25) is 0 Å². The molecule has 2 aromatic rings. The first-order valence-corrected chi connectivity index (χ1v) is 5.83. The third-order valence-corrected chi connectivity index (χ3v) is 2.76. The van der Waals surface area contributed by atoms with E-state index in [9.17, 15) is 4.79 Å². The molecule has 6 nitrogen and oxygen atoms in total. The molecular formula is C11H10BrN5O. The zero-order valence-electron chi connectivity index (χ0n) is 9.51. The predicted molar refractivity (Wildman–Crippen MR) is 70.6 cm³/mol. The van der Waals surface area contributed by atoms with Crippen LogP contribution in [0.4, 0.5) is 5.82 Å². The number of aromatic nitrogens is 3. The van der Waals surface area contributed by atoms with Crippen molar-refractivity contribution >= 4 is 27.7 Å². The largest absolute Gasteiger partial charge is 0.383 e. The minimum Gasteiger partial charge on any atom is -0.383 e. The minimum absolute atomic E-state index is 0.0741. The number of nitrogens with zero attached hydrogens (tertiary/aromatic N) is 3. The first-order chi connectivity index (χ1) is 8.49. The van der Waals surface area contributed by atoms with Crippen molar-refractivity contribution in [2.45, 2.75) is 6.92 Å². The lowest BCUT2D eigenvalue weighted by atomic mass is 10.2. The Morgan fingerprint density at radius 3 is 2.61 bits per heavy atom. The van der Waals surface area contributed by atoms with Crippen LogP contribution in [0.3, 0.4) is 0 Å².